The third-order valence-corrected chi connectivity index (χ3v) is 4.90. The highest BCUT2D eigenvalue weighted by molar-refractivity contribution is 7.90. The summed E-state index contributed by atoms with van der Waals surface area (Å²) in [5, 5.41) is 7.60. The molecule has 0 radical (unpaired) electrons. The van der Waals surface area contributed by atoms with Crippen molar-refractivity contribution in [1.29, 1.82) is 0 Å². The van der Waals surface area contributed by atoms with E-state index in [0.717, 1.165) is 7.11 Å². The molecule has 0 bridgehead atoms. The molecule has 0 saturated heterocycles. The van der Waals surface area contributed by atoms with Crippen LogP contribution < -0.4 is 4.72 Å². The fourth-order valence-corrected chi connectivity index (χ4v) is 3.26. The molecule has 0 spiro atoms. The molecule has 0 heterocycles. The minimum Gasteiger partial charge on any atom is -0.481 e. The van der Waals surface area contributed by atoms with E-state index >= 15 is 0 Å². The molecule has 8 heteroatoms. The summed E-state index contributed by atoms with van der Waals surface area (Å²) < 4.78 is 30.4. The van der Waals surface area contributed by atoms with E-state index in [2.05, 4.69) is 9.46 Å². The lowest BCUT2D eigenvalue weighted by atomic mass is 10.1. The predicted molar refractivity (Wildman–Crippen MR) is 62.3 cm³/mol. The van der Waals surface area contributed by atoms with Crippen molar-refractivity contribution >= 4 is 22.0 Å². The summed E-state index contributed by atoms with van der Waals surface area (Å²) >= 11 is 0. The second-order valence-electron chi connectivity index (χ2n) is 4.31. The molecule has 0 aliphatic heterocycles. The number of hydrogen-bond acceptors (Lipinski definition) is 5. The van der Waals surface area contributed by atoms with Gasteiger partial charge in [0.25, 0.3) is 0 Å². The van der Waals surface area contributed by atoms with Gasteiger partial charge in [-0.25, -0.2) is 13.1 Å². The molecule has 104 valence electrons. The van der Waals surface area contributed by atoms with E-state index in [-0.39, 0.29) is 0 Å². The first-order valence-electron chi connectivity index (χ1n) is 5.61. The summed E-state index contributed by atoms with van der Waals surface area (Å²) in [7, 11) is -2.81. The van der Waals surface area contributed by atoms with Gasteiger partial charge in [0, 0.05) is 6.04 Å². The van der Waals surface area contributed by atoms with Gasteiger partial charge in [0.2, 0.25) is 10.0 Å². The van der Waals surface area contributed by atoms with Crippen molar-refractivity contribution in [2.45, 2.75) is 37.5 Å². The van der Waals surface area contributed by atoms with Gasteiger partial charge in [-0.05, 0) is 19.8 Å². The first-order chi connectivity index (χ1) is 8.29. The van der Waals surface area contributed by atoms with Crippen molar-refractivity contribution in [2.24, 2.45) is 5.92 Å². The van der Waals surface area contributed by atoms with Crippen molar-refractivity contribution in [3.05, 3.63) is 0 Å². The molecule has 3 unspecified atom stereocenters. The molecular formula is C10H17NO6S. The van der Waals surface area contributed by atoms with E-state index in [1.807, 2.05) is 0 Å². The molecule has 18 heavy (non-hydrogen) atoms. The van der Waals surface area contributed by atoms with E-state index < -0.39 is 39.2 Å². The average Bonchev–Trinajstić information content (AvgIpc) is 2.74. The Morgan fingerprint density at radius 1 is 1.39 bits per heavy atom. The second-order valence-corrected chi connectivity index (χ2v) is 6.34. The van der Waals surface area contributed by atoms with E-state index in [1.54, 1.807) is 0 Å². The Labute approximate surface area is 106 Å². The largest absolute Gasteiger partial charge is 0.481 e. The summed E-state index contributed by atoms with van der Waals surface area (Å²) in [6, 6.07) is -0.653. The Kier molecular flexibility index (Phi) is 4.69. The number of methoxy groups -OCH3 is 1. The number of rotatable bonds is 5. The summed E-state index contributed by atoms with van der Waals surface area (Å²) in [4.78, 5) is 22.1. The molecule has 7 nitrogen and oxygen atoms in total. The number of carbonyl (C=O) groups is 2. The quantitative estimate of drug-likeness (QED) is 0.670. The smallest absolute Gasteiger partial charge is 0.325 e. The van der Waals surface area contributed by atoms with Gasteiger partial charge in [-0.2, -0.15) is 0 Å². The first-order valence-corrected chi connectivity index (χ1v) is 7.16. The van der Waals surface area contributed by atoms with Gasteiger partial charge in [0.05, 0.1) is 13.0 Å². The Hall–Kier alpha value is -1.15. The lowest BCUT2D eigenvalue weighted by Gasteiger charge is -2.19. The van der Waals surface area contributed by atoms with Crippen LogP contribution in [0.1, 0.15) is 26.2 Å². The van der Waals surface area contributed by atoms with Crippen LogP contribution in [0, 0.1) is 5.92 Å². The number of nitrogens with one attached hydrogen (secondary N) is 1. The summed E-state index contributed by atoms with van der Waals surface area (Å²) in [5.41, 5.74) is 0. The first kappa shape index (κ1) is 14.9. The zero-order chi connectivity index (χ0) is 13.9. The van der Waals surface area contributed by atoms with Crippen molar-refractivity contribution in [2.75, 3.05) is 7.11 Å². The normalized spacial score (nSPS) is 25.7. The number of hydrogen-bond donors (Lipinski definition) is 2. The number of aliphatic carboxylic acids is 1. The van der Waals surface area contributed by atoms with Gasteiger partial charge in [0.1, 0.15) is 0 Å². The van der Waals surface area contributed by atoms with Crippen LogP contribution >= 0.6 is 0 Å². The highest BCUT2D eigenvalue weighted by Gasteiger charge is 2.38. The number of ether oxygens (including phenoxy) is 1. The molecule has 1 aliphatic carbocycles. The van der Waals surface area contributed by atoms with Gasteiger partial charge in [-0.1, -0.05) is 6.42 Å². The van der Waals surface area contributed by atoms with Gasteiger partial charge in [-0.3, -0.25) is 9.59 Å². The lowest BCUT2D eigenvalue weighted by molar-refractivity contribution is -0.142. The zero-order valence-corrected chi connectivity index (χ0v) is 11.1. The van der Waals surface area contributed by atoms with E-state index in [1.165, 1.54) is 6.92 Å². The number of carbonyl (C=O) groups excluding carboxylic acids is 1. The fraction of sp³-hybridized carbons (Fsp3) is 0.800. The molecule has 0 aromatic rings. The summed E-state index contributed by atoms with van der Waals surface area (Å²) in [5.74, 6) is -2.62. The molecule has 0 amide bonds. The lowest BCUT2D eigenvalue weighted by Crippen LogP contribution is -2.46. The average molecular weight is 279 g/mol. The van der Waals surface area contributed by atoms with Crippen molar-refractivity contribution < 1.29 is 27.9 Å². The molecule has 1 aliphatic rings. The molecule has 1 rings (SSSR count). The third kappa shape index (κ3) is 3.20. The van der Waals surface area contributed by atoms with Gasteiger partial charge in [-0.15, -0.1) is 0 Å². The summed E-state index contributed by atoms with van der Waals surface area (Å²) in [6.45, 7) is 1.21. The van der Waals surface area contributed by atoms with Crippen molar-refractivity contribution in [1.82, 2.24) is 4.72 Å². The van der Waals surface area contributed by atoms with Crippen LogP contribution in [0.25, 0.3) is 0 Å². The maximum absolute atomic E-state index is 11.9. The van der Waals surface area contributed by atoms with Crippen LogP contribution in [0.5, 0.6) is 0 Å². The Morgan fingerprint density at radius 3 is 2.50 bits per heavy atom. The maximum atomic E-state index is 11.9. The topological polar surface area (TPSA) is 110 Å². The predicted octanol–water partition coefficient (Wildman–Crippen LogP) is -0.279. The second kappa shape index (κ2) is 5.66. The number of carboxylic acids is 1. The molecule has 1 fully saturated rings. The Morgan fingerprint density at radius 2 is 2.00 bits per heavy atom. The Bertz CT molecular complexity index is 432. The van der Waals surface area contributed by atoms with Crippen LogP contribution in [0.15, 0.2) is 0 Å². The molecule has 0 aromatic carbocycles. The van der Waals surface area contributed by atoms with Crippen LogP contribution in [0.4, 0.5) is 0 Å². The maximum Gasteiger partial charge on any atom is 0.325 e. The highest BCUT2D eigenvalue weighted by Crippen LogP contribution is 2.26. The number of esters is 1. The van der Waals surface area contributed by atoms with Gasteiger partial charge < -0.3 is 9.84 Å². The molecule has 1 saturated carbocycles. The van der Waals surface area contributed by atoms with Crippen LogP contribution in [-0.2, 0) is 24.3 Å². The van der Waals surface area contributed by atoms with Crippen molar-refractivity contribution in [3.63, 3.8) is 0 Å². The molecule has 2 N–H and O–H groups in total. The minimum absolute atomic E-state index is 0.440. The number of sulfonamides is 1. The molecule has 3 atom stereocenters. The molecule has 0 aromatic heterocycles. The van der Waals surface area contributed by atoms with E-state index in [9.17, 15) is 18.0 Å². The SMILES string of the molecule is COC(=O)C(C)S(=O)(=O)NC1CCCC1C(=O)O. The monoisotopic (exact) mass is 279 g/mol. The van der Waals surface area contributed by atoms with E-state index in [4.69, 9.17) is 5.11 Å². The van der Waals surface area contributed by atoms with Crippen LogP contribution in [0.2, 0.25) is 0 Å². The van der Waals surface area contributed by atoms with Gasteiger partial charge in [0.15, 0.2) is 5.25 Å². The zero-order valence-electron chi connectivity index (χ0n) is 10.3. The van der Waals surface area contributed by atoms with Gasteiger partial charge >= 0.3 is 11.9 Å². The fourth-order valence-electron chi connectivity index (χ4n) is 2.00. The van der Waals surface area contributed by atoms with Crippen molar-refractivity contribution in [3.8, 4) is 0 Å². The van der Waals surface area contributed by atoms with E-state index in [0.29, 0.717) is 19.3 Å². The number of carboxylic acid groups (broad SMARTS) is 1. The summed E-state index contributed by atoms with van der Waals surface area (Å²) in [6.07, 6.45) is 1.55. The standard InChI is InChI=1S/C10H17NO6S/c1-6(10(14)17-2)18(15,16)11-8-5-3-4-7(8)9(12)13/h6-8,11H,3-5H2,1-2H3,(H,12,13). The minimum atomic E-state index is -3.91. The third-order valence-electron chi connectivity index (χ3n) is 3.15. The highest BCUT2D eigenvalue weighted by atomic mass is 32.2. The van der Waals surface area contributed by atoms with Crippen LogP contribution in [0.3, 0.4) is 0 Å². The Balaban J connectivity index is 2.77. The molecular weight excluding hydrogens is 262 g/mol. The van der Waals surface area contributed by atoms with Crippen LogP contribution in [-0.4, -0.2) is 43.9 Å².